The Morgan fingerprint density at radius 1 is 1.32 bits per heavy atom. The average Bonchev–Trinajstić information content (AvgIpc) is 3.03. The first-order chi connectivity index (χ1) is 12.2. The lowest BCUT2D eigenvalue weighted by atomic mass is 9.68. The van der Waals surface area contributed by atoms with Crippen molar-refractivity contribution >= 4 is 11.9 Å². The molecule has 25 heavy (non-hydrogen) atoms. The summed E-state index contributed by atoms with van der Waals surface area (Å²) < 4.78 is 11.0. The predicted molar refractivity (Wildman–Crippen MR) is 90.6 cm³/mol. The summed E-state index contributed by atoms with van der Waals surface area (Å²) in [5.74, 6) is -0.530. The minimum Gasteiger partial charge on any atom is -0.462 e. The van der Waals surface area contributed by atoms with Gasteiger partial charge in [0.1, 0.15) is 0 Å². The first-order valence-electron chi connectivity index (χ1n) is 8.76. The van der Waals surface area contributed by atoms with Crippen LogP contribution in [0.3, 0.4) is 0 Å². The molecule has 1 aliphatic heterocycles. The first kappa shape index (κ1) is 14.7. The van der Waals surface area contributed by atoms with Gasteiger partial charge in [-0.05, 0) is 30.5 Å². The van der Waals surface area contributed by atoms with E-state index in [1.54, 1.807) is 6.92 Å². The second-order valence-corrected chi connectivity index (χ2v) is 7.02. The molecule has 4 nitrogen and oxygen atoms in total. The number of rotatable bonds is 2. The fraction of sp³-hybridized carbons (Fsp3) is 0.333. The van der Waals surface area contributed by atoms with Gasteiger partial charge in [0, 0.05) is 23.3 Å². The molecule has 4 heteroatoms. The van der Waals surface area contributed by atoms with E-state index in [2.05, 4.69) is 30.4 Å². The van der Waals surface area contributed by atoms with E-state index >= 15 is 0 Å². The summed E-state index contributed by atoms with van der Waals surface area (Å²) >= 11 is 0. The summed E-state index contributed by atoms with van der Waals surface area (Å²) in [5.41, 5.74) is 2.50. The van der Waals surface area contributed by atoms with Crippen LogP contribution in [0.2, 0.25) is 0 Å². The Bertz CT molecular complexity index is 891. The first-order valence-corrected chi connectivity index (χ1v) is 8.76. The Balaban J connectivity index is 1.70. The number of esters is 2. The van der Waals surface area contributed by atoms with Crippen molar-refractivity contribution in [2.75, 3.05) is 6.61 Å². The highest BCUT2D eigenvalue weighted by Crippen LogP contribution is 2.58. The zero-order valence-electron chi connectivity index (χ0n) is 13.9. The van der Waals surface area contributed by atoms with Crippen molar-refractivity contribution in [3.8, 4) is 0 Å². The smallest absolute Gasteiger partial charge is 0.347 e. The van der Waals surface area contributed by atoms with Gasteiger partial charge in [0.25, 0.3) is 0 Å². The lowest BCUT2D eigenvalue weighted by molar-refractivity contribution is -0.151. The van der Waals surface area contributed by atoms with Crippen molar-refractivity contribution in [3.05, 3.63) is 70.8 Å². The summed E-state index contributed by atoms with van der Waals surface area (Å²) in [7, 11) is 0. The molecular weight excluding hydrogens is 316 g/mol. The summed E-state index contributed by atoms with van der Waals surface area (Å²) in [6.45, 7) is 1.97. The molecule has 0 unspecified atom stereocenters. The van der Waals surface area contributed by atoms with Gasteiger partial charge in [0.05, 0.1) is 6.61 Å². The molecule has 5 aliphatic rings. The van der Waals surface area contributed by atoms with Crippen molar-refractivity contribution in [2.45, 2.75) is 24.9 Å². The number of carbonyl (C=O) groups excluding carboxylic acids is 2. The highest BCUT2D eigenvalue weighted by atomic mass is 16.6. The number of benzene rings is 1. The van der Waals surface area contributed by atoms with Crippen LogP contribution in [0.5, 0.6) is 0 Å². The molecule has 0 saturated heterocycles. The third kappa shape index (κ3) is 1.77. The third-order valence-electron chi connectivity index (χ3n) is 5.94. The number of fused-ring (bicyclic) bond motifs is 1. The van der Waals surface area contributed by atoms with E-state index < -0.39 is 17.5 Å². The van der Waals surface area contributed by atoms with Gasteiger partial charge in [-0.3, -0.25) is 0 Å². The van der Waals surface area contributed by atoms with E-state index in [9.17, 15) is 9.59 Å². The van der Waals surface area contributed by atoms with Crippen LogP contribution in [0.15, 0.2) is 59.7 Å². The highest BCUT2D eigenvalue weighted by molar-refractivity contribution is 6.17. The van der Waals surface area contributed by atoms with E-state index in [0.29, 0.717) is 5.57 Å². The number of carbonyl (C=O) groups is 2. The fourth-order valence-electron chi connectivity index (χ4n) is 4.98. The third-order valence-corrected chi connectivity index (χ3v) is 5.94. The molecular formula is C21H18O4. The Morgan fingerprint density at radius 3 is 3.00 bits per heavy atom. The maximum absolute atomic E-state index is 12.6. The summed E-state index contributed by atoms with van der Waals surface area (Å²) in [6, 6.07) is 8.43. The van der Waals surface area contributed by atoms with Crippen LogP contribution >= 0.6 is 0 Å². The predicted octanol–water partition coefficient (Wildman–Crippen LogP) is 2.85. The Labute approximate surface area is 145 Å². The minimum absolute atomic E-state index is 0.0556. The van der Waals surface area contributed by atoms with E-state index in [1.165, 1.54) is 11.1 Å². The zero-order valence-corrected chi connectivity index (χ0v) is 13.9. The second kappa shape index (κ2) is 4.94. The van der Waals surface area contributed by atoms with Crippen LogP contribution in [0.1, 0.15) is 24.0 Å². The lowest BCUT2D eigenvalue weighted by Gasteiger charge is -2.40. The van der Waals surface area contributed by atoms with Gasteiger partial charge in [0.15, 0.2) is 11.2 Å². The Morgan fingerprint density at radius 2 is 2.16 bits per heavy atom. The van der Waals surface area contributed by atoms with E-state index in [-0.39, 0.29) is 29.9 Å². The largest absolute Gasteiger partial charge is 0.462 e. The van der Waals surface area contributed by atoms with Crippen LogP contribution in [0.4, 0.5) is 0 Å². The van der Waals surface area contributed by atoms with Crippen molar-refractivity contribution in [1.82, 2.24) is 0 Å². The molecule has 1 aromatic carbocycles. The molecule has 2 bridgehead atoms. The molecule has 6 rings (SSSR count). The maximum Gasteiger partial charge on any atom is 0.347 e. The summed E-state index contributed by atoms with van der Waals surface area (Å²) in [6.07, 6.45) is 8.96. The topological polar surface area (TPSA) is 52.6 Å². The average molecular weight is 334 g/mol. The molecule has 4 atom stereocenters. The molecule has 4 aliphatic carbocycles. The van der Waals surface area contributed by atoms with Crippen molar-refractivity contribution in [3.63, 3.8) is 0 Å². The summed E-state index contributed by atoms with van der Waals surface area (Å²) in [4.78, 5) is 24.9. The molecule has 1 heterocycles. The monoisotopic (exact) mass is 334 g/mol. The van der Waals surface area contributed by atoms with Gasteiger partial charge < -0.3 is 9.47 Å². The molecule has 126 valence electrons. The normalized spacial score (nSPS) is 33.6. The van der Waals surface area contributed by atoms with Crippen LogP contribution in [0, 0.1) is 11.8 Å². The second-order valence-electron chi connectivity index (χ2n) is 7.02. The van der Waals surface area contributed by atoms with Gasteiger partial charge in [0.2, 0.25) is 0 Å². The van der Waals surface area contributed by atoms with Gasteiger partial charge in [-0.2, -0.15) is 0 Å². The van der Waals surface area contributed by atoms with E-state index in [1.807, 2.05) is 18.2 Å². The zero-order chi connectivity index (χ0) is 17.2. The molecule has 0 fully saturated rings. The van der Waals surface area contributed by atoms with Gasteiger partial charge in [-0.15, -0.1) is 0 Å². The van der Waals surface area contributed by atoms with Crippen molar-refractivity contribution in [1.29, 1.82) is 0 Å². The molecule has 1 aromatic rings. The Kier molecular flexibility index (Phi) is 2.91. The number of allylic oxidation sites excluding steroid dienone is 2. The molecule has 1 spiro atoms. The lowest BCUT2D eigenvalue weighted by Crippen LogP contribution is -2.43. The number of hydrogen-bond donors (Lipinski definition) is 0. The molecule has 0 radical (unpaired) electrons. The van der Waals surface area contributed by atoms with Gasteiger partial charge >= 0.3 is 11.9 Å². The Hall–Kier alpha value is -2.62. The maximum atomic E-state index is 12.6. The van der Waals surface area contributed by atoms with Gasteiger partial charge in [-0.1, -0.05) is 42.5 Å². The molecule has 0 amide bonds. The standard InChI is InChI=1S/C21H18O4/c1-2-24-19(22)18-15-8-7-12-9-10-21(15,25-20(18)23)16-11-13-5-3-4-6-14(13)17(12)16/h3-10,12,16-17H,2,11H2,1H3/t12-,16-,17+,21+/m0/s1. The fourth-order valence-corrected chi connectivity index (χ4v) is 4.98. The molecule has 0 N–H and O–H groups in total. The van der Waals surface area contributed by atoms with Crippen LogP contribution in [-0.2, 0) is 25.5 Å². The quantitative estimate of drug-likeness (QED) is 0.474. The van der Waals surface area contributed by atoms with Gasteiger partial charge in [-0.25, -0.2) is 9.59 Å². The molecule has 0 aromatic heterocycles. The van der Waals surface area contributed by atoms with Crippen LogP contribution in [0.25, 0.3) is 0 Å². The number of ether oxygens (including phenoxy) is 2. The van der Waals surface area contributed by atoms with E-state index in [4.69, 9.17) is 9.47 Å². The van der Waals surface area contributed by atoms with Crippen LogP contribution < -0.4 is 0 Å². The summed E-state index contributed by atoms with van der Waals surface area (Å²) in [5, 5.41) is 0. The SMILES string of the molecule is CCOC(=O)C1=C2C=C[C@H]3C=C[C@]2(OC1=O)[C@H]1Cc2ccccc2[C@@H]31. The highest BCUT2D eigenvalue weighted by Gasteiger charge is 2.60. The van der Waals surface area contributed by atoms with Crippen molar-refractivity contribution in [2.24, 2.45) is 11.8 Å². The molecule has 0 saturated carbocycles. The number of hydrogen-bond acceptors (Lipinski definition) is 4. The van der Waals surface area contributed by atoms with Crippen LogP contribution in [-0.4, -0.2) is 24.1 Å². The minimum atomic E-state index is -0.855. The van der Waals surface area contributed by atoms with E-state index in [0.717, 1.165) is 6.42 Å². The van der Waals surface area contributed by atoms with Crippen molar-refractivity contribution < 1.29 is 19.1 Å².